The molecular weight excluding hydrogens is 289 g/mol. The molecule has 116 valence electrons. The SMILES string of the molecule is Cc1c(NCC(C)O)ccc(C#N)c1C(F)(F)F.O=CO. The molecule has 0 heterocycles. The number of benzene rings is 1. The Hall–Kier alpha value is -2.27. The average molecular weight is 304 g/mol. The number of nitrogens with zero attached hydrogens (tertiary/aromatic N) is 1. The molecule has 0 aliphatic heterocycles. The topological polar surface area (TPSA) is 93.4 Å². The van der Waals surface area contributed by atoms with Crippen LogP contribution in [0.5, 0.6) is 0 Å². The molecule has 5 nitrogen and oxygen atoms in total. The smallest absolute Gasteiger partial charge is 0.418 e. The van der Waals surface area contributed by atoms with Crippen molar-refractivity contribution in [1.29, 1.82) is 5.26 Å². The van der Waals surface area contributed by atoms with Crippen molar-refractivity contribution in [2.75, 3.05) is 11.9 Å². The highest BCUT2D eigenvalue weighted by atomic mass is 19.4. The summed E-state index contributed by atoms with van der Waals surface area (Å²) in [5, 5.41) is 27.4. The number of anilines is 1. The number of aliphatic hydroxyl groups is 1. The molecule has 1 aromatic rings. The second kappa shape index (κ2) is 8.11. The molecule has 0 saturated carbocycles. The van der Waals surface area contributed by atoms with Gasteiger partial charge in [-0.1, -0.05) is 0 Å². The van der Waals surface area contributed by atoms with E-state index in [9.17, 15) is 13.2 Å². The number of halogens is 3. The summed E-state index contributed by atoms with van der Waals surface area (Å²) in [5.74, 6) is 0. The van der Waals surface area contributed by atoms with Gasteiger partial charge in [-0.15, -0.1) is 0 Å². The summed E-state index contributed by atoms with van der Waals surface area (Å²) in [7, 11) is 0. The first-order chi connectivity index (χ1) is 9.68. The summed E-state index contributed by atoms with van der Waals surface area (Å²) in [6.45, 7) is 2.72. The monoisotopic (exact) mass is 304 g/mol. The Labute approximate surface area is 119 Å². The molecule has 0 spiro atoms. The van der Waals surface area contributed by atoms with Gasteiger partial charge in [0.25, 0.3) is 6.47 Å². The summed E-state index contributed by atoms with van der Waals surface area (Å²) in [6, 6.07) is 4.07. The van der Waals surface area contributed by atoms with Crippen LogP contribution in [0.25, 0.3) is 0 Å². The summed E-state index contributed by atoms with van der Waals surface area (Å²) in [5.41, 5.74) is -1.10. The molecule has 0 aliphatic rings. The molecule has 21 heavy (non-hydrogen) atoms. The zero-order valence-corrected chi connectivity index (χ0v) is 11.4. The largest absolute Gasteiger partial charge is 0.483 e. The van der Waals surface area contributed by atoms with Gasteiger partial charge < -0.3 is 15.5 Å². The van der Waals surface area contributed by atoms with Gasteiger partial charge in [0.15, 0.2) is 0 Å². The highest BCUT2D eigenvalue weighted by Crippen LogP contribution is 2.37. The van der Waals surface area contributed by atoms with Gasteiger partial charge in [-0.25, -0.2) is 0 Å². The van der Waals surface area contributed by atoms with Crippen molar-refractivity contribution >= 4 is 12.2 Å². The predicted octanol–water partition coefficient (Wildman–Crippen LogP) is 2.38. The van der Waals surface area contributed by atoms with Crippen LogP contribution in [0.1, 0.15) is 23.6 Å². The van der Waals surface area contributed by atoms with Gasteiger partial charge in [-0.2, -0.15) is 18.4 Å². The van der Waals surface area contributed by atoms with E-state index in [1.807, 2.05) is 0 Å². The second-order valence-electron chi connectivity index (χ2n) is 4.11. The lowest BCUT2D eigenvalue weighted by atomic mass is 10.00. The van der Waals surface area contributed by atoms with Crippen LogP contribution >= 0.6 is 0 Å². The van der Waals surface area contributed by atoms with E-state index in [-0.39, 0.29) is 24.3 Å². The van der Waals surface area contributed by atoms with Gasteiger partial charge in [-0.05, 0) is 31.5 Å². The maximum absolute atomic E-state index is 12.8. The molecule has 0 fully saturated rings. The number of hydrogen-bond acceptors (Lipinski definition) is 4. The van der Waals surface area contributed by atoms with Crippen LogP contribution < -0.4 is 5.32 Å². The van der Waals surface area contributed by atoms with E-state index in [0.717, 1.165) is 6.07 Å². The minimum Gasteiger partial charge on any atom is -0.483 e. The third-order valence-electron chi connectivity index (χ3n) is 2.46. The quantitative estimate of drug-likeness (QED) is 0.745. The molecule has 1 rings (SSSR count). The van der Waals surface area contributed by atoms with Crippen molar-refractivity contribution in [3.63, 3.8) is 0 Å². The van der Waals surface area contributed by atoms with Crippen molar-refractivity contribution in [3.05, 3.63) is 28.8 Å². The molecule has 0 aliphatic carbocycles. The maximum Gasteiger partial charge on any atom is 0.418 e. The van der Waals surface area contributed by atoms with Gasteiger partial charge >= 0.3 is 6.18 Å². The first-order valence-corrected chi connectivity index (χ1v) is 5.79. The number of nitrogens with one attached hydrogen (secondary N) is 1. The number of hydrogen-bond donors (Lipinski definition) is 3. The maximum atomic E-state index is 12.8. The number of carbonyl (C=O) groups is 1. The second-order valence-corrected chi connectivity index (χ2v) is 4.11. The molecular formula is C13H15F3N2O3. The van der Waals surface area contributed by atoms with Crippen LogP contribution in [0.4, 0.5) is 18.9 Å². The standard InChI is InChI=1S/C12H13F3N2O.CH2O2/c1-7(18)6-17-10-4-3-9(5-16)11(8(10)2)12(13,14)15;2-1-3/h3-4,7,17-18H,6H2,1-2H3;1H,(H,2,3). The van der Waals surface area contributed by atoms with Crippen LogP contribution in [0.15, 0.2) is 12.1 Å². The van der Waals surface area contributed by atoms with Crippen molar-refractivity contribution in [1.82, 2.24) is 0 Å². The van der Waals surface area contributed by atoms with Crippen molar-refractivity contribution in [3.8, 4) is 6.07 Å². The summed E-state index contributed by atoms with van der Waals surface area (Å²) >= 11 is 0. The van der Waals surface area contributed by atoms with Crippen molar-refractivity contribution in [2.24, 2.45) is 0 Å². The van der Waals surface area contributed by atoms with Gasteiger partial charge in [-0.3, -0.25) is 4.79 Å². The first-order valence-electron chi connectivity index (χ1n) is 5.79. The number of rotatable bonds is 3. The average Bonchev–Trinajstić information content (AvgIpc) is 2.36. The fraction of sp³-hybridized carbons (Fsp3) is 0.385. The van der Waals surface area contributed by atoms with Crippen LogP contribution in [-0.2, 0) is 11.0 Å². The summed E-state index contributed by atoms with van der Waals surface area (Å²) in [4.78, 5) is 8.36. The van der Waals surface area contributed by atoms with Crippen LogP contribution in [0.3, 0.4) is 0 Å². The molecule has 3 N–H and O–H groups in total. The van der Waals surface area contributed by atoms with E-state index < -0.39 is 23.4 Å². The zero-order chi connectivity index (χ0) is 16.6. The Balaban J connectivity index is 0.00000122. The lowest BCUT2D eigenvalue weighted by Gasteiger charge is -2.17. The molecule has 8 heteroatoms. The van der Waals surface area contributed by atoms with E-state index in [4.69, 9.17) is 20.3 Å². The van der Waals surface area contributed by atoms with Gasteiger partial charge in [0, 0.05) is 12.2 Å². The van der Waals surface area contributed by atoms with Gasteiger partial charge in [0.05, 0.1) is 23.3 Å². The van der Waals surface area contributed by atoms with Crippen molar-refractivity contribution in [2.45, 2.75) is 26.1 Å². The van der Waals surface area contributed by atoms with E-state index >= 15 is 0 Å². The Morgan fingerprint density at radius 1 is 1.48 bits per heavy atom. The number of nitriles is 1. The van der Waals surface area contributed by atoms with Crippen LogP contribution in [0.2, 0.25) is 0 Å². The number of alkyl halides is 3. The number of aliphatic hydroxyl groups excluding tert-OH is 1. The Morgan fingerprint density at radius 2 is 2.00 bits per heavy atom. The first kappa shape index (κ1) is 18.7. The highest BCUT2D eigenvalue weighted by Gasteiger charge is 2.36. The molecule has 1 atom stereocenters. The molecule has 0 aromatic heterocycles. The fourth-order valence-corrected chi connectivity index (χ4v) is 1.62. The highest BCUT2D eigenvalue weighted by molar-refractivity contribution is 5.60. The Kier molecular flexibility index (Phi) is 7.24. The van der Waals surface area contributed by atoms with Gasteiger partial charge in [0.1, 0.15) is 0 Å². The summed E-state index contributed by atoms with van der Waals surface area (Å²) in [6.07, 6.45) is -5.24. The lowest BCUT2D eigenvalue weighted by Crippen LogP contribution is -2.18. The third-order valence-corrected chi connectivity index (χ3v) is 2.46. The third kappa shape index (κ3) is 5.71. The van der Waals surface area contributed by atoms with Gasteiger partial charge in [0.2, 0.25) is 0 Å². The Bertz CT molecular complexity index is 523. The molecule has 1 unspecified atom stereocenters. The van der Waals surface area contributed by atoms with E-state index in [1.165, 1.54) is 26.0 Å². The zero-order valence-electron chi connectivity index (χ0n) is 11.4. The van der Waals surface area contributed by atoms with Crippen molar-refractivity contribution < 1.29 is 28.2 Å². The lowest BCUT2D eigenvalue weighted by molar-refractivity contribution is -0.138. The van der Waals surface area contributed by atoms with Crippen LogP contribution in [-0.4, -0.2) is 29.3 Å². The van der Waals surface area contributed by atoms with E-state index in [2.05, 4.69) is 5.32 Å². The Morgan fingerprint density at radius 3 is 2.38 bits per heavy atom. The molecule has 0 saturated heterocycles. The number of carboxylic acid groups (broad SMARTS) is 1. The molecule has 0 radical (unpaired) electrons. The normalized spacial score (nSPS) is 11.7. The molecule has 0 amide bonds. The molecule has 0 bridgehead atoms. The minimum atomic E-state index is -4.57. The van der Waals surface area contributed by atoms with E-state index in [0.29, 0.717) is 0 Å². The van der Waals surface area contributed by atoms with Crippen LogP contribution in [0, 0.1) is 18.3 Å². The molecule has 1 aromatic carbocycles. The summed E-state index contributed by atoms with van der Waals surface area (Å²) < 4.78 is 38.5. The minimum absolute atomic E-state index is 0.0396. The fourth-order valence-electron chi connectivity index (χ4n) is 1.62. The predicted molar refractivity (Wildman–Crippen MR) is 69.8 cm³/mol. The van der Waals surface area contributed by atoms with E-state index in [1.54, 1.807) is 0 Å².